The van der Waals surface area contributed by atoms with E-state index in [1.54, 1.807) is 24.0 Å². The van der Waals surface area contributed by atoms with Crippen molar-refractivity contribution in [1.29, 1.82) is 0 Å². The summed E-state index contributed by atoms with van der Waals surface area (Å²) in [4.78, 5) is 35.7. The number of nitrogens with zero attached hydrogens (tertiary/aromatic N) is 3. The third-order valence-corrected chi connectivity index (χ3v) is 6.75. The van der Waals surface area contributed by atoms with Gasteiger partial charge in [0.1, 0.15) is 36.6 Å². The number of allylic oxidation sites excluding steroid dienone is 1. The van der Waals surface area contributed by atoms with Gasteiger partial charge in [-0.3, -0.25) is 20.1 Å². The highest BCUT2D eigenvalue weighted by atomic mass is 19.1. The van der Waals surface area contributed by atoms with Gasteiger partial charge in [-0.15, -0.1) is 0 Å². The molecule has 3 amide bonds. The second-order valence-corrected chi connectivity index (χ2v) is 8.91. The molecule has 2 N–H and O–H groups in total. The highest BCUT2D eigenvalue weighted by Gasteiger charge is 2.60. The summed E-state index contributed by atoms with van der Waals surface area (Å²) in [5, 5.41) is 4.98. The molecule has 0 saturated carbocycles. The topological polar surface area (TPSA) is 106 Å². The molecule has 2 fully saturated rings. The number of alkyl halides is 1. The molecule has 3 atom stereocenters. The van der Waals surface area contributed by atoms with E-state index < -0.39 is 35.9 Å². The van der Waals surface area contributed by atoms with Crippen LogP contribution in [-0.2, 0) is 16.0 Å². The number of hydrogen-bond acceptors (Lipinski definition) is 7. The molecular weight excluding hydrogens is 472 g/mol. The lowest BCUT2D eigenvalue weighted by atomic mass is 9.66. The number of carbonyl (C=O) groups is 2. The summed E-state index contributed by atoms with van der Waals surface area (Å²) >= 11 is 0. The van der Waals surface area contributed by atoms with Gasteiger partial charge in [0.05, 0.1) is 24.1 Å². The molecule has 1 aromatic carbocycles. The monoisotopic (exact) mass is 497 g/mol. The molecule has 1 unspecified atom stereocenters. The SMILES string of the molecule is C=C1NC(=O)NC(=O)C12Cc1cc(-c3cnccn3)c(OCCF)c(F)c1N1C[C@H](C)O/C(=C/C)[C@H]12. The molecule has 36 heavy (non-hydrogen) atoms. The van der Waals surface area contributed by atoms with Gasteiger partial charge in [0, 0.05) is 23.7 Å². The largest absolute Gasteiger partial charge is 0.491 e. The van der Waals surface area contributed by atoms with E-state index in [0.717, 1.165) is 0 Å². The van der Waals surface area contributed by atoms with E-state index in [9.17, 15) is 14.0 Å². The molecule has 0 radical (unpaired) electrons. The number of hydrogen-bond donors (Lipinski definition) is 2. The minimum Gasteiger partial charge on any atom is -0.491 e. The van der Waals surface area contributed by atoms with Crippen LogP contribution in [0.3, 0.4) is 0 Å². The number of carbonyl (C=O) groups excluding carboxylic acids is 2. The summed E-state index contributed by atoms with van der Waals surface area (Å²) in [7, 11) is 0. The van der Waals surface area contributed by atoms with Crippen LogP contribution in [0.25, 0.3) is 11.3 Å². The summed E-state index contributed by atoms with van der Waals surface area (Å²) in [6.07, 6.45) is 5.79. The molecule has 5 rings (SSSR count). The standard InChI is InChI=1S/C25H25F2N5O4/c1-4-18-22-25(14(3)30-24(34)31-23(25)33)10-15-9-16(17-11-28-6-7-29-17)21(35-8-5-26)19(27)20(15)32(22)12-13(2)36-18/h4,6-7,9,11,13,22H,3,5,8,10,12H2,1-2H3,(H2,30,31,33,34)/b18-4+/t13-,22-,25?/m0/s1. The predicted molar refractivity (Wildman–Crippen MR) is 126 cm³/mol. The second-order valence-electron chi connectivity index (χ2n) is 8.91. The van der Waals surface area contributed by atoms with Gasteiger partial charge in [-0.05, 0) is 38.0 Å². The number of amides is 3. The molecule has 1 spiro atoms. The van der Waals surface area contributed by atoms with Gasteiger partial charge in [0.25, 0.3) is 0 Å². The number of ether oxygens (including phenoxy) is 2. The Kier molecular flexibility index (Phi) is 5.85. The van der Waals surface area contributed by atoms with Crippen molar-refractivity contribution < 1.29 is 27.8 Å². The average Bonchev–Trinajstić information content (AvgIpc) is 2.86. The number of rotatable bonds is 4. The van der Waals surface area contributed by atoms with Crippen LogP contribution in [0.4, 0.5) is 19.3 Å². The van der Waals surface area contributed by atoms with Crippen LogP contribution in [-0.4, -0.2) is 53.9 Å². The normalized spacial score (nSPS) is 26.2. The molecule has 2 aromatic rings. The fraction of sp³-hybridized carbons (Fsp3) is 0.360. The quantitative estimate of drug-likeness (QED) is 0.669. The molecule has 1 aromatic heterocycles. The summed E-state index contributed by atoms with van der Waals surface area (Å²) in [5.41, 5.74) is 0.117. The Bertz CT molecular complexity index is 1260. The molecule has 0 aliphatic carbocycles. The molecule has 9 nitrogen and oxygen atoms in total. The summed E-state index contributed by atoms with van der Waals surface area (Å²) in [5.74, 6) is -0.955. The Balaban J connectivity index is 1.78. The van der Waals surface area contributed by atoms with Crippen molar-refractivity contribution in [2.45, 2.75) is 32.4 Å². The molecule has 4 heterocycles. The Morgan fingerprint density at radius 1 is 1.36 bits per heavy atom. The first-order valence-corrected chi connectivity index (χ1v) is 11.5. The number of halogens is 2. The third-order valence-electron chi connectivity index (χ3n) is 6.75. The maximum Gasteiger partial charge on any atom is 0.325 e. The third kappa shape index (κ3) is 3.49. The Labute approximate surface area is 206 Å². The predicted octanol–water partition coefficient (Wildman–Crippen LogP) is 3.02. The molecular formula is C25H25F2N5O4. The van der Waals surface area contributed by atoms with Crippen LogP contribution in [0.2, 0.25) is 0 Å². The van der Waals surface area contributed by atoms with E-state index in [2.05, 4.69) is 27.2 Å². The lowest BCUT2D eigenvalue weighted by Crippen LogP contribution is -2.69. The van der Waals surface area contributed by atoms with Crippen LogP contribution < -0.4 is 20.3 Å². The van der Waals surface area contributed by atoms with Crippen molar-refractivity contribution in [2.24, 2.45) is 5.41 Å². The van der Waals surface area contributed by atoms with E-state index in [4.69, 9.17) is 9.47 Å². The Hall–Kier alpha value is -4.02. The molecule has 3 aliphatic heterocycles. The first-order chi connectivity index (χ1) is 17.3. The van der Waals surface area contributed by atoms with Gasteiger partial charge in [-0.2, -0.15) is 0 Å². The van der Waals surface area contributed by atoms with Crippen molar-refractivity contribution >= 4 is 17.6 Å². The van der Waals surface area contributed by atoms with Crippen LogP contribution in [0.5, 0.6) is 5.75 Å². The number of nitrogens with one attached hydrogen (secondary N) is 2. The van der Waals surface area contributed by atoms with Gasteiger partial charge in [-0.1, -0.05) is 6.58 Å². The second kappa shape index (κ2) is 8.89. The van der Waals surface area contributed by atoms with Gasteiger partial charge >= 0.3 is 6.03 Å². The van der Waals surface area contributed by atoms with Crippen LogP contribution in [0.1, 0.15) is 19.4 Å². The highest BCUT2D eigenvalue weighted by Crippen LogP contribution is 2.53. The first-order valence-electron chi connectivity index (χ1n) is 11.5. The summed E-state index contributed by atoms with van der Waals surface area (Å²) in [6.45, 7) is 6.71. The van der Waals surface area contributed by atoms with Crippen LogP contribution in [0, 0.1) is 11.2 Å². The highest BCUT2D eigenvalue weighted by molar-refractivity contribution is 6.04. The first kappa shape index (κ1) is 23.7. The number of benzene rings is 1. The summed E-state index contributed by atoms with van der Waals surface area (Å²) in [6, 6.07) is 0.215. The maximum absolute atomic E-state index is 16.4. The van der Waals surface area contributed by atoms with E-state index in [0.29, 0.717) is 17.0 Å². The molecule has 11 heteroatoms. The Morgan fingerprint density at radius 2 is 2.17 bits per heavy atom. The number of aromatic nitrogens is 2. The van der Waals surface area contributed by atoms with Gasteiger partial charge in [0.15, 0.2) is 11.6 Å². The zero-order chi connectivity index (χ0) is 25.6. The number of morpholine rings is 1. The van der Waals surface area contributed by atoms with Crippen LogP contribution >= 0.6 is 0 Å². The van der Waals surface area contributed by atoms with E-state index >= 15 is 4.39 Å². The number of anilines is 1. The molecule has 188 valence electrons. The fourth-order valence-corrected chi connectivity index (χ4v) is 5.36. The van der Waals surface area contributed by atoms with Crippen molar-refractivity contribution in [2.75, 3.05) is 24.7 Å². The van der Waals surface area contributed by atoms with Crippen molar-refractivity contribution in [3.8, 4) is 17.0 Å². The van der Waals surface area contributed by atoms with Crippen molar-refractivity contribution in [3.05, 3.63) is 60.1 Å². The minimum absolute atomic E-state index is 0.0110. The summed E-state index contributed by atoms with van der Waals surface area (Å²) < 4.78 is 41.0. The van der Waals surface area contributed by atoms with Crippen molar-refractivity contribution in [3.63, 3.8) is 0 Å². The lowest BCUT2D eigenvalue weighted by Gasteiger charge is -2.55. The molecule has 0 bridgehead atoms. The molecule has 2 saturated heterocycles. The van der Waals surface area contributed by atoms with Gasteiger partial charge < -0.3 is 19.7 Å². The smallest absolute Gasteiger partial charge is 0.325 e. The average molecular weight is 498 g/mol. The fourth-order valence-electron chi connectivity index (χ4n) is 5.36. The van der Waals surface area contributed by atoms with E-state index in [1.807, 2.05) is 6.92 Å². The van der Waals surface area contributed by atoms with Gasteiger partial charge in [-0.25, -0.2) is 13.6 Å². The van der Waals surface area contributed by atoms with E-state index in [1.165, 1.54) is 18.6 Å². The number of urea groups is 1. The number of fused-ring (bicyclic) bond motifs is 4. The lowest BCUT2D eigenvalue weighted by molar-refractivity contribution is -0.131. The zero-order valence-corrected chi connectivity index (χ0v) is 19.8. The maximum atomic E-state index is 16.4. The van der Waals surface area contributed by atoms with Crippen molar-refractivity contribution in [1.82, 2.24) is 20.6 Å². The zero-order valence-electron chi connectivity index (χ0n) is 19.8. The minimum atomic E-state index is -1.38. The number of imide groups is 1. The van der Waals surface area contributed by atoms with Gasteiger partial charge in [0.2, 0.25) is 5.91 Å². The Morgan fingerprint density at radius 3 is 2.83 bits per heavy atom. The van der Waals surface area contributed by atoms with E-state index in [-0.39, 0.29) is 48.4 Å². The van der Waals surface area contributed by atoms with Crippen LogP contribution in [0.15, 0.2) is 48.8 Å². The molecule has 3 aliphatic rings.